The van der Waals surface area contributed by atoms with Gasteiger partial charge >= 0.3 is 0 Å². The SMILES string of the molecule is CCCOc1ccc(C(=O)NC(=S)Nc2cc(-c3nc4cc(OC)ccc4o3)ccc2C)cc1. The number of carbonyl (C=O) groups is 1. The first-order valence-corrected chi connectivity index (χ1v) is 11.3. The first-order valence-electron chi connectivity index (χ1n) is 10.9. The van der Waals surface area contributed by atoms with Crippen molar-refractivity contribution in [2.45, 2.75) is 20.3 Å². The lowest BCUT2D eigenvalue weighted by Gasteiger charge is -2.13. The monoisotopic (exact) mass is 475 g/mol. The number of hydrogen-bond donors (Lipinski definition) is 2. The highest BCUT2D eigenvalue weighted by Gasteiger charge is 2.13. The van der Waals surface area contributed by atoms with Gasteiger partial charge < -0.3 is 19.2 Å². The lowest BCUT2D eigenvalue weighted by Crippen LogP contribution is -2.34. The molecule has 0 saturated heterocycles. The van der Waals surface area contributed by atoms with Crippen molar-refractivity contribution in [3.63, 3.8) is 0 Å². The van der Waals surface area contributed by atoms with E-state index in [2.05, 4.69) is 15.6 Å². The molecule has 0 fully saturated rings. The summed E-state index contributed by atoms with van der Waals surface area (Å²) in [6, 6.07) is 18.2. The Kier molecular flexibility index (Phi) is 7.08. The van der Waals surface area contributed by atoms with E-state index in [1.54, 1.807) is 31.4 Å². The lowest BCUT2D eigenvalue weighted by molar-refractivity contribution is 0.0977. The van der Waals surface area contributed by atoms with Crippen molar-refractivity contribution in [3.05, 3.63) is 71.8 Å². The summed E-state index contributed by atoms with van der Waals surface area (Å²) in [6.07, 6.45) is 0.921. The Balaban J connectivity index is 1.46. The van der Waals surface area contributed by atoms with Gasteiger partial charge in [-0.2, -0.15) is 0 Å². The van der Waals surface area contributed by atoms with Crippen LogP contribution in [0.5, 0.6) is 11.5 Å². The smallest absolute Gasteiger partial charge is 0.257 e. The second kappa shape index (κ2) is 10.4. The molecular formula is C26H25N3O4S. The second-order valence-corrected chi connectivity index (χ2v) is 8.07. The highest BCUT2D eigenvalue weighted by Crippen LogP contribution is 2.29. The Hall–Kier alpha value is -3.91. The van der Waals surface area contributed by atoms with Gasteiger partial charge in [-0.25, -0.2) is 4.98 Å². The molecule has 0 bridgehead atoms. The highest BCUT2D eigenvalue weighted by molar-refractivity contribution is 7.80. The van der Waals surface area contributed by atoms with Crippen LogP contribution in [0.2, 0.25) is 0 Å². The summed E-state index contributed by atoms with van der Waals surface area (Å²) in [6.45, 7) is 4.62. The zero-order chi connectivity index (χ0) is 24.1. The van der Waals surface area contributed by atoms with Crippen molar-refractivity contribution in [1.82, 2.24) is 10.3 Å². The molecule has 1 aromatic heterocycles. The molecule has 34 heavy (non-hydrogen) atoms. The molecule has 0 aliphatic carbocycles. The number of methoxy groups -OCH3 is 1. The van der Waals surface area contributed by atoms with E-state index in [1.807, 2.05) is 50.2 Å². The van der Waals surface area contributed by atoms with Gasteiger partial charge in [-0.15, -0.1) is 0 Å². The van der Waals surface area contributed by atoms with Gasteiger partial charge in [0.1, 0.15) is 17.0 Å². The molecule has 1 amide bonds. The summed E-state index contributed by atoms with van der Waals surface area (Å²) < 4.78 is 16.7. The third kappa shape index (κ3) is 5.35. The molecule has 4 aromatic rings. The number of ether oxygens (including phenoxy) is 2. The van der Waals surface area contributed by atoms with Crippen molar-refractivity contribution in [2.24, 2.45) is 0 Å². The van der Waals surface area contributed by atoms with E-state index in [0.717, 1.165) is 29.0 Å². The number of aromatic nitrogens is 1. The molecule has 8 heteroatoms. The van der Waals surface area contributed by atoms with Gasteiger partial charge in [-0.3, -0.25) is 10.1 Å². The van der Waals surface area contributed by atoms with Crippen LogP contribution in [0.15, 0.2) is 65.1 Å². The topological polar surface area (TPSA) is 85.6 Å². The number of fused-ring (bicyclic) bond motifs is 1. The zero-order valence-corrected chi connectivity index (χ0v) is 20.0. The van der Waals surface area contributed by atoms with Crippen molar-refractivity contribution in [2.75, 3.05) is 19.0 Å². The Morgan fingerprint density at radius 2 is 1.82 bits per heavy atom. The first-order chi connectivity index (χ1) is 16.5. The summed E-state index contributed by atoms with van der Waals surface area (Å²) in [5.74, 6) is 1.61. The van der Waals surface area contributed by atoms with Crippen LogP contribution in [0.25, 0.3) is 22.6 Å². The Morgan fingerprint density at radius 3 is 2.56 bits per heavy atom. The maximum absolute atomic E-state index is 12.6. The lowest BCUT2D eigenvalue weighted by atomic mass is 10.1. The molecule has 0 saturated carbocycles. The maximum Gasteiger partial charge on any atom is 0.257 e. The number of carbonyl (C=O) groups excluding carboxylic acids is 1. The number of nitrogens with one attached hydrogen (secondary N) is 2. The van der Waals surface area contributed by atoms with Crippen LogP contribution < -0.4 is 20.1 Å². The normalized spacial score (nSPS) is 10.7. The molecule has 0 atom stereocenters. The van der Waals surface area contributed by atoms with Gasteiger partial charge in [0, 0.05) is 22.9 Å². The number of rotatable bonds is 7. The third-order valence-corrected chi connectivity index (χ3v) is 5.35. The van der Waals surface area contributed by atoms with Crippen molar-refractivity contribution < 1.29 is 18.7 Å². The minimum atomic E-state index is -0.304. The highest BCUT2D eigenvalue weighted by atomic mass is 32.1. The van der Waals surface area contributed by atoms with Crippen LogP contribution >= 0.6 is 12.2 Å². The molecule has 4 rings (SSSR count). The largest absolute Gasteiger partial charge is 0.497 e. The van der Waals surface area contributed by atoms with Gasteiger partial charge in [-0.1, -0.05) is 13.0 Å². The second-order valence-electron chi connectivity index (χ2n) is 7.66. The van der Waals surface area contributed by atoms with Crippen LogP contribution in [0.1, 0.15) is 29.3 Å². The summed E-state index contributed by atoms with van der Waals surface area (Å²) in [4.78, 5) is 17.1. The van der Waals surface area contributed by atoms with Gasteiger partial charge in [0.25, 0.3) is 5.91 Å². The molecule has 0 unspecified atom stereocenters. The molecular weight excluding hydrogens is 450 g/mol. The third-order valence-electron chi connectivity index (χ3n) is 5.14. The Bertz CT molecular complexity index is 1330. The minimum absolute atomic E-state index is 0.193. The Labute approximate surface area is 203 Å². The van der Waals surface area contributed by atoms with Crippen LogP contribution in [-0.4, -0.2) is 29.7 Å². The fraction of sp³-hybridized carbons (Fsp3) is 0.192. The van der Waals surface area contributed by atoms with E-state index in [4.69, 9.17) is 26.1 Å². The maximum atomic E-state index is 12.6. The molecule has 0 aliphatic rings. The minimum Gasteiger partial charge on any atom is -0.497 e. The standard InChI is InChI=1S/C26H25N3O4S/c1-4-13-32-19-9-7-17(8-10-19)24(30)29-26(34)28-21-14-18(6-5-16(21)2)25-27-22-15-20(31-3)11-12-23(22)33-25/h5-12,14-15H,4,13H2,1-3H3,(H2,28,29,30,34). The molecule has 174 valence electrons. The number of aryl methyl sites for hydroxylation is 1. The van der Waals surface area contributed by atoms with Gasteiger partial charge in [0.05, 0.1) is 13.7 Å². The molecule has 1 heterocycles. The average Bonchev–Trinajstić information content (AvgIpc) is 3.27. The number of oxazole rings is 1. The van der Waals surface area contributed by atoms with E-state index in [9.17, 15) is 4.79 Å². The van der Waals surface area contributed by atoms with Gasteiger partial charge in [0.2, 0.25) is 5.89 Å². The fourth-order valence-electron chi connectivity index (χ4n) is 3.30. The van der Waals surface area contributed by atoms with Gasteiger partial charge in [0.15, 0.2) is 10.7 Å². The van der Waals surface area contributed by atoms with Crippen LogP contribution in [-0.2, 0) is 0 Å². The van der Waals surface area contributed by atoms with Crippen molar-refractivity contribution in [3.8, 4) is 23.0 Å². The van der Waals surface area contributed by atoms with Crippen molar-refractivity contribution in [1.29, 1.82) is 0 Å². The summed E-state index contributed by atoms with van der Waals surface area (Å²) >= 11 is 5.37. The molecule has 7 nitrogen and oxygen atoms in total. The summed E-state index contributed by atoms with van der Waals surface area (Å²) in [7, 11) is 1.61. The number of amides is 1. The number of hydrogen-bond acceptors (Lipinski definition) is 6. The predicted octanol–water partition coefficient (Wildman–Crippen LogP) is 5.73. The zero-order valence-electron chi connectivity index (χ0n) is 19.2. The fourth-order valence-corrected chi connectivity index (χ4v) is 3.50. The Morgan fingerprint density at radius 1 is 1.06 bits per heavy atom. The van der Waals surface area contributed by atoms with E-state index >= 15 is 0 Å². The predicted molar refractivity (Wildman–Crippen MR) is 137 cm³/mol. The van der Waals surface area contributed by atoms with E-state index < -0.39 is 0 Å². The van der Waals surface area contributed by atoms with E-state index in [0.29, 0.717) is 34.9 Å². The van der Waals surface area contributed by atoms with Crippen molar-refractivity contribution >= 4 is 40.0 Å². The van der Waals surface area contributed by atoms with Crippen LogP contribution in [0.4, 0.5) is 5.69 Å². The molecule has 0 radical (unpaired) electrons. The number of anilines is 1. The van der Waals surface area contributed by atoms with E-state index in [-0.39, 0.29) is 11.0 Å². The summed E-state index contributed by atoms with van der Waals surface area (Å²) in [5.41, 5.74) is 4.33. The molecule has 3 aromatic carbocycles. The average molecular weight is 476 g/mol. The number of nitrogens with zero attached hydrogens (tertiary/aromatic N) is 1. The van der Waals surface area contributed by atoms with Crippen LogP contribution in [0, 0.1) is 6.92 Å². The molecule has 0 aliphatic heterocycles. The molecule has 0 spiro atoms. The number of benzene rings is 3. The number of thiocarbonyl (C=S) groups is 1. The van der Waals surface area contributed by atoms with E-state index in [1.165, 1.54) is 0 Å². The quantitative estimate of drug-likeness (QED) is 0.330. The van der Waals surface area contributed by atoms with Gasteiger partial charge in [-0.05, 0) is 79.7 Å². The molecule has 2 N–H and O–H groups in total. The first kappa shape index (κ1) is 23.3. The summed E-state index contributed by atoms with van der Waals surface area (Å²) in [5, 5.41) is 6.01. The van der Waals surface area contributed by atoms with Crippen LogP contribution in [0.3, 0.4) is 0 Å².